The van der Waals surface area contributed by atoms with Crippen LogP contribution in [0.2, 0.25) is 0 Å². The van der Waals surface area contributed by atoms with Gasteiger partial charge in [-0.25, -0.2) is 0 Å². The molecule has 62 valence electrons. The molecule has 0 amide bonds. The van der Waals surface area contributed by atoms with Gasteiger partial charge in [-0.3, -0.25) is 0 Å². The van der Waals surface area contributed by atoms with Gasteiger partial charge in [-0.05, 0) is 18.0 Å². The Morgan fingerprint density at radius 3 is 2.83 bits per heavy atom. The van der Waals surface area contributed by atoms with Gasteiger partial charge in [0, 0.05) is 4.91 Å². The highest BCUT2D eigenvalue weighted by molar-refractivity contribution is 5.24. The quantitative estimate of drug-likeness (QED) is 0.363. The molecule has 1 rings (SSSR count). The zero-order valence-corrected chi connectivity index (χ0v) is 7.23. The van der Waals surface area contributed by atoms with Crippen LogP contribution in [0.1, 0.15) is 24.1 Å². The first-order valence-corrected chi connectivity index (χ1v) is 3.85. The number of aryl methyl sites for hydroxylation is 1. The van der Waals surface area contributed by atoms with E-state index in [2.05, 4.69) is 10.0 Å². The van der Waals surface area contributed by atoms with Crippen molar-refractivity contribution in [3.63, 3.8) is 0 Å². The summed E-state index contributed by atoms with van der Waals surface area (Å²) in [5, 5.41) is 3.62. The van der Waals surface area contributed by atoms with E-state index in [9.17, 15) is 0 Å². The molecule has 12 heavy (non-hydrogen) atoms. The Balaban J connectivity index is 2.94. The molecule has 0 saturated heterocycles. The van der Waals surface area contributed by atoms with Crippen LogP contribution in [0.25, 0.3) is 10.4 Å². The maximum atomic E-state index is 8.23. The van der Waals surface area contributed by atoms with Crippen LogP contribution in [0.3, 0.4) is 0 Å². The molecule has 0 bridgehead atoms. The Hall–Kier alpha value is -1.47. The van der Waals surface area contributed by atoms with E-state index in [1.807, 2.05) is 38.1 Å². The minimum atomic E-state index is -0.0742. The number of rotatable bonds is 2. The minimum Gasteiger partial charge on any atom is -0.0862 e. The van der Waals surface area contributed by atoms with Crippen molar-refractivity contribution in [1.29, 1.82) is 0 Å². The summed E-state index contributed by atoms with van der Waals surface area (Å²) in [6, 6.07) is 7.90. The van der Waals surface area contributed by atoms with Crippen molar-refractivity contribution >= 4 is 0 Å². The fraction of sp³-hybridized carbons (Fsp3) is 0.333. The molecular weight excluding hydrogens is 150 g/mol. The molecule has 0 radical (unpaired) electrons. The van der Waals surface area contributed by atoms with Gasteiger partial charge in [-0.15, -0.1) is 0 Å². The second-order valence-electron chi connectivity index (χ2n) is 2.80. The molecule has 0 aliphatic carbocycles. The zero-order chi connectivity index (χ0) is 8.97. The Morgan fingerprint density at radius 1 is 1.50 bits per heavy atom. The number of hydrogen-bond donors (Lipinski definition) is 0. The summed E-state index contributed by atoms with van der Waals surface area (Å²) in [6.45, 7) is 3.90. The average molecular weight is 161 g/mol. The normalized spacial score (nSPS) is 11.8. The van der Waals surface area contributed by atoms with Crippen molar-refractivity contribution in [2.24, 2.45) is 5.11 Å². The molecule has 0 spiro atoms. The van der Waals surface area contributed by atoms with Gasteiger partial charge in [0.1, 0.15) is 0 Å². The van der Waals surface area contributed by atoms with Gasteiger partial charge >= 0.3 is 0 Å². The highest BCUT2D eigenvalue weighted by Crippen LogP contribution is 2.17. The van der Waals surface area contributed by atoms with Gasteiger partial charge in [-0.1, -0.05) is 41.9 Å². The highest BCUT2D eigenvalue weighted by Gasteiger charge is 2.00. The van der Waals surface area contributed by atoms with E-state index in [0.29, 0.717) is 0 Å². The third-order valence-electron chi connectivity index (χ3n) is 1.75. The molecule has 0 fully saturated rings. The third-order valence-corrected chi connectivity index (χ3v) is 1.75. The molecular formula is C9H11N3. The molecule has 0 aliphatic rings. The summed E-state index contributed by atoms with van der Waals surface area (Å²) in [4.78, 5) is 2.77. The summed E-state index contributed by atoms with van der Waals surface area (Å²) >= 11 is 0. The van der Waals surface area contributed by atoms with E-state index in [4.69, 9.17) is 5.53 Å². The lowest BCUT2D eigenvalue weighted by Crippen LogP contribution is -1.87. The van der Waals surface area contributed by atoms with Gasteiger partial charge in [0.05, 0.1) is 6.04 Å². The number of benzene rings is 1. The molecule has 0 N–H and O–H groups in total. The van der Waals surface area contributed by atoms with Crippen molar-refractivity contribution in [1.82, 2.24) is 0 Å². The highest BCUT2D eigenvalue weighted by atomic mass is 15.1. The van der Waals surface area contributed by atoms with Gasteiger partial charge in [-0.2, -0.15) is 0 Å². The lowest BCUT2D eigenvalue weighted by molar-refractivity contribution is 0.806. The van der Waals surface area contributed by atoms with Crippen LogP contribution < -0.4 is 0 Å². The minimum absolute atomic E-state index is 0.0742. The summed E-state index contributed by atoms with van der Waals surface area (Å²) in [6.07, 6.45) is 0. The lowest BCUT2D eigenvalue weighted by Gasteiger charge is -2.04. The van der Waals surface area contributed by atoms with Crippen LogP contribution in [-0.4, -0.2) is 0 Å². The van der Waals surface area contributed by atoms with Crippen molar-refractivity contribution in [3.05, 3.63) is 45.8 Å². The smallest absolute Gasteiger partial charge is 0.0597 e. The van der Waals surface area contributed by atoms with Crippen molar-refractivity contribution in [2.45, 2.75) is 19.9 Å². The zero-order valence-electron chi connectivity index (χ0n) is 7.23. The summed E-state index contributed by atoms with van der Waals surface area (Å²) in [7, 11) is 0. The van der Waals surface area contributed by atoms with E-state index in [1.54, 1.807) is 0 Å². The molecule has 0 saturated carbocycles. The van der Waals surface area contributed by atoms with Crippen LogP contribution in [0.15, 0.2) is 29.4 Å². The van der Waals surface area contributed by atoms with E-state index >= 15 is 0 Å². The first-order valence-electron chi connectivity index (χ1n) is 3.85. The fourth-order valence-electron chi connectivity index (χ4n) is 1.07. The summed E-state index contributed by atoms with van der Waals surface area (Å²) in [5.41, 5.74) is 10.5. The Labute approximate surface area is 71.7 Å². The molecule has 3 heteroatoms. The van der Waals surface area contributed by atoms with E-state index < -0.39 is 0 Å². The average Bonchev–Trinajstić information content (AvgIpc) is 2.05. The van der Waals surface area contributed by atoms with Crippen LogP contribution >= 0.6 is 0 Å². The second-order valence-corrected chi connectivity index (χ2v) is 2.80. The molecule has 0 heterocycles. The number of hydrogen-bond acceptors (Lipinski definition) is 1. The molecule has 0 unspecified atom stereocenters. The van der Waals surface area contributed by atoms with Gasteiger partial charge < -0.3 is 0 Å². The monoisotopic (exact) mass is 161 g/mol. The molecule has 3 nitrogen and oxygen atoms in total. The van der Waals surface area contributed by atoms with E-state index in [0.717, 1.165) is 5.56 Å². The molecule has 1 atom stereocenters. The Bertz CT molecular complexity index is 313. The van der Waals surface area contributed by atoms with Gasteiger partial charge in [0.2, 0.25) is 0 Å². The fourth-order valence-corrected chi connectivity index (χ4v) is 1.07. The third kappa shape index (κ3) is 2.01. The largest absolute Gasteiger partial charge is 0.0862 e. The molecule has 0 aromatic heterocycles. The Kier molecular flexibility index (Phi) is 2.72. The van der Waals surface area contributed by atoms with Gasteiger partial charge in [0.15, 0.2) is 0 Å². The van der Waals surface area contributed by atoms with Crippen LogP contribution in [0, 0.1) is 6.92 Å². The topological polar surface area (TPSA) is 48.8 Å². The van der Waals surface area contributed by atoms with Crippen molar-refractivity contribution < 1.29 is 0 Å². The number of azide groups is 1. The molecule has 0 aliphatic heterocycles. The van der Waals surface area contributed by atoms with Crippen LogP contribution in [-0.2, 0) is 0 Å². The maximum absolute atomic E-state index is 8.23. The van der Waals surface area contributed by atoms with Gasteiger partial charge in [0.25, 0.3) is 0 Å². The van der Waals surface area contributed by atoms with E-state index in [-0.39, 0.29) is 6.04 Å². The maximum Gasteiger partial charge on any atom is 0.0597 e. The SMILES string of the molecule is Cc1cccc([C@H](C)N=[N+]=[N-])c1. The first-order chi connectivity index (χ1) is 5.74. The summed E-state index contributed by atoms with van der Waals surface area (Å²) in [5.74, 6) is 0. The first kappa shape index (κ1) is 8.62. The second kappa shape index (κ2) is 3.79. The Morgan fingerprint density at radius 2 is 2.25 bits per heavy atom. The lowest BCUT2D eigenvalue weighted by atomic mass is 10.1. The van der Waals surface area contributed by atoms with Crippen molar-refractivity contribution in [3.8, 4) is 0 Å². The van der Waals surface area contributed by atoms with E-state index in [1.165, 1.54) is 5.56 Å². The standard InChI is InChI=1S/C9H11N3/c1-7-4-3-5-9(6-7)8(2)11-12-10/h3-6,8H,1-2H3/t8-/m0/s1. The predicted octanol–water partition coefficient (Wildman–Crippen LogP) is 3.37. The van der Waals surface area contributed by atoms with Crippen LogP contribution in [0.5, 0.6) is 0 Å². The molecule has 1 aromatic rings. The van der Waals surface area contributed by atoms with Crippen molar-refractivity contribution in [2.75, 3.05) is 0 Å². The number of nitrogens with zero attached hydrogens (tertiary/aromatic N) is 3. The van der Waals surface area contributed by atoms with Crippen LogP contribution in [0.4, 0.5) is 0 Å². The molecule has 1 aromatic carbocycles. The summed E-state index contributed by atoms with van der Waals surface area (Å²) < 4.78 is 0. The predicted molar refractivity (Wildman–Crippen MR) is 48.7 cm³/mol.